The van der Waals surface area contributed by atoms with Crippen molar-refractivity contribution in [3.05, 3.63) is 84.9 Å². The molecule has 5 aromatic carbocycles. The second kappa shape index (κ2) is 21.5. The smallest absolute Gasteiger partial charge is 0.744 e. The summed E-state index contributed by atoms with van der Waals surface area (Å²) in [7, 11) is -15.5. The van der Waals surface area contributed by atoms with E-state index in [1.54, 1.807) is 12.1 Å². The van der Waals surface area contributed by atoms with Crippen molar-refractivity contribution >= 4 is 98.6 Å². The number of nitrogens with zero attached hydrogens (tertiary/aromatic N) is 5. The van der Waals surface area contributed by atoms with E-state index < -0.39 is 96.1 Å². The molecule has 0 aliphatic rings. The molecule has 0 aliphatic carbocycles. The van der Waals surface area contributed by atoms with Crippen molar-refractivity contribution in [1.29, 1.82) is 0 Å². The second-order valence-corrected chi connectivity index (χ2v) is 15.3. The van der Waals surface area contributed by atoms with Gasteiger partial charge in [0.2, 0.25) is 11.9 Å². The van der Waals surface area contributed by atoms with Crippen LogP contribution in [0, 0.1) is 6.08 Å². The minimum absolute atomic E-state index is 0. The van der Waals surface area contributed by atoms with E-state index in [0.717, 1.165) is 36.4 Å². The van der Waals surface area contributed by atoms with Gasteiger partial charge in [0, 0.05) is 21.8 Å². The summed E-state index contributed by atoms with van der Waals surface area (Å²) in [5.41, 5.74) is -1.66. The standard InChI is InChI=1S/C29H20FN7O13S4.4Na/c30-27-33-28(31-15-5-3-6-16(12-15)52(40,41)42)35-29(34-27)32-20-11-9-18-19(26(20)54(46,47)48)13-22(51-50-49-39)23(24(18)38)37-36-21-10-8-14-4-1-2-7-17(14)25(21)53(43,44)45;;;;/h1-13,38-39H,(H,40,41,42)(H,43,44,45)(H,46,47,48)(H2,31,32,33,34,35);;;;/q;4*+1/p-4. The molecule has 0 saturated heterocycles. The van der Waals surface area contributed by atoms with Crippen LogP contribution in [0.4, 0.5) is 39.0 Å². The Morgan fingerprint density at radius 1 is 0.690 bits per heavy atom. The Balaban J connectivity index is 0.00000290. The average molecular weight is 910 g/mol. The number of benzene rings is 5. The zero-order chi connectivity index (χ0) is 39.0. The number of anilines is 4. The minimum atomic E-state index is -5.52. The largest absolute Gasteiger partial charge is 1.00 e. The molecule has 0 spiro atoms. The van der Waals surface area contributed by atoms with Gasteiger partial charge in [-0.2, -0.15) is 23.7 Å². The normalized spacial score (nSPS) is 11.6. The minimum Gasteiger partial charge on any atom is -0.744 e. The van der Waals surface area contributed by atoms with E-state index in [2.05, 4.69) is 45.2 Å². The van der Waals surface area contributed by atoms with Crippen LogP contribution in [-0.2, 0) is 39.7 Å². The zero-order valence-electron chi connectivity index (χ0n) is 30.1. The predicted octanol–water partition coefficient (Wildman–Crippen LogP) is -8.12. The van der Waals surface area contributed by atoms with Crippen LogP contribution in [0.3, 0.4) is 0 Å². The molecule has 0 bridgehead atoms. The Morgan fingerprint density at radius 3 is 1.98 bits per heavy atom. The van der Waals surface area contributed by atoms with Gasteiger partial charge >= 0.3 is 124 Å². The molecule has 0 aliphatic heterocycles. The molecule has 0 amide bonds. The van der Waals surface area contributed by atoms with Crippen molar-refractivity contribution in [2.45, 2.75) is 19.6 Å². The molecule has 6 aromatic rings. The molecule has 0 radical (unpaired) electrons. The third kappa shape index (κ3) is 12.3. The fourth-order valence-electron chi connectivity index (χ4n) is 5.09. The maximum Gasteiger partial charge on any atom is 1.00 e. The van der Waals surface area contributed by atoms with Crippen molar-refractivity contribution in [2.24, 2.45) is 10.2 Å². The molecule has 0 saturated carbocycles. The van der Waals surface area contributed by atoms with Crippen molar-refractivity contribution < 1.29 is 181 Å². The molecular formula is C29H16FN7Na4O13S4. The number of hydrogen-bond donors (Lipinski definition) is 3. The number of phenols is 1. The van der Waals surface area contributed by atoms with E-state index >= 15 is 0 Å². The predicted molar refractivity (Wildman–Crippen MR) is 178 cm³/mol. The van der Waals surface area contributed by atoms with Crippen molar-refractivity contribution in [3.63, 3.8) is 0 Å². The number of rotatable bonds is 12. The fourth-order valence-corrected chi connectivity index (χ4v) is 7.74. The molecule has 20 nitrogen and oxygen atoms in total. The van der Waals surface area contributed by atoms with E-state index in [9.17, 15) is 53.7 Å². The van der Waals surface area contributed by atoms with Crippen LogP contribution in [0.2, 0.25) is 0 Å². The quantitative estimate of drug-likeness (QED) is 0.0256. The molecule has 1 heterocycles. The van der Waals surface area contributed by atoms with Gasteiger partial charge in [0.05, 0.1) is 37.3 Å². The van der Waals surface area contributed by atoms with E-state index in [4.69, 9.17) is 0 Å². The van der Waals surface area contributed by atoms with Gasteiger partial charge in [-0.1, -0.05) is 36.4 Å². The number of fused-ring (bicyclic) bond motifs is 2. The van der Waals surface area contributed by atoms with Gasteiger partial charge in [0.1, 0.15) is 41.7 Å². The first-order valence-corrected chi connectivity index (χ1v) is 19.2. The summed E-state index contributed by atoms with van der Waals surface area (Å²) in [6.45, 7) is 0. The summed E-state index contributed by atoms with van der Waals surface area (Å²) in [5.74, 6) is -2.12. The van der Waals surface area contributed by atoms with Crippen LogP contribution < -0.4 is 134 Å². The van der Waals surface area contributed by atoms with Crippen molar-refractivity contribution in [2.75, 3.05) is 10.6 Å². The molecule has 0 atom stereocenters. The van der Waals surface area contributed by atoms with Crippen molar-refractivity contribution in [3.8, 4) is 5.75 Å². The van der Waals surface area contributed by atoms with Gasteiger partial charge < -0.3 is 34.7 Å². The maximum absolute atomic E-state index is 14.5. The molecule has 29 heteroatoms. The van der Waals surface area contributed by atoms with Gasteiger partial charge in [-0.25, -0.2) is 25.3 Å². The number of azo groups is 1. The Labute approximate surface area is 420 Å². The molecule has 6 rings (SSSR count). The molecule has 0 unspecified atom stereocenters. The summed E-state index contributed by atoms with van der Waals surface area (Å²) >= 11 is 0.0661. The second-order valence-electron chi connectivity index (χ2n) is 10.6. The molecule has 0 fully saturated rings. The van der Waals surface area contributed by atoms with Crippen LogP contribution in [0.5, 0.6) is 5.75 Å². The summed E-state index contributed by atoms with van der Waals surface area (Å²) in [4.78, 5) is 7.84. The molecule has 1 aromatic heterocycles. The SMILES string of the molecule is O=S(=O)([O-])c1cccc(Nc2nc(F)nc(Nc3ccc4c(O)c(N=Nc5ccc6ccccc6c5S(=O)(=O)[O-])c(SOO[O-])cc4c3S(=O)(=O)[O-])n2)c1.[Na+].[Na+].[Na+].[Na+]. The third-order valence-corrected chi connectivity index (χ3v) is 10.5. The van der Waals surface area contributed by atoms with Crippen LogP contribution in [0.1, 0.15) is 0 Å². The van der Waals surface area contributed by atoms with E-state index in [1.165, 1.54) is 30.3 Å². The summed E-state index contributed by atoms with van der Waals surface area (Å²) in [6, 6.07) is 15.9. The van der Waals surface area contributed by atoms with Crippen LogP contribution in [0.15, 0.2) is 109 Å². The molecular weight excluding hydrogens is 894 g/mol. The Morgan fingerprint density at radius 2 is 1.34 bits per heavy atom. The number of aromatic nitrogens is 3. The first kappa shape index (κ1) is 52.7. The van der Waals surface area contributed by atoms with Crippen LogP contribution in [-0.4, -0.2) is 59.0 Å². The van der Waals surface area contributed by atoms with Gasteiger partial charge in [-0.05, 0) is 47.9 Å². The summed E-state index contributed by atoms with van der Waals surface area (Å²) in [5, 5.41) is 37.4. The average Bonchev–Trinajstić information content (AvgIpc) is 3.08. The molecule has 280 valence electrons. The first-order chi connectivity index (χ1) is 25.4. The van der Waals surface area contributed by atoms with Crippen molar-refractivity contribution in [1.82, 2.24) is 15.0 Å². The monoisotopic (exact) mass is 909 g/mol. The number of phenolic OH excluding ortho intramolecular Hbond substituents is 1. The summed E-state index contributed by atoms with van der Waals surface area (Å²) in [6.07, 6.45) is -1.43. The Bertz CT molecular complexity index is 2870. The van der Waals surface area contributed by atoms with Gasteiger partial charge in [0.25, 0.3) is 0 Å². The van der Waals surface area contributed by atoms with E-state index in [1.807, 2.05) is 0 Å². The first-order valence-electron chi connectivity index (χ1n) is 14.3. The van der Waals surface area contributed by atoms with Crippen LogP contribution in [0.25, 0.3) is 21.5 Å². The number of aromatic hydroxyl groups is 1. The Hall–Kier alpha value is -1.48. The number of nitrogens with one attached hydrogen (secondary N) is 2. The number of hydrogen-bond acceptors (Lipinski definition) is 21. The topological polar surface area (TPSA) is 321 Å². The van der Waals surface area contributed by atoms with Gasteiger partial charge in [-0.15, -0.1) is 10.2 Å². The fraction of sp³-hybridized carbons (Fsp3) is 0. The maximum atomic E-state index is 14.5. The van der Waals surface area contributed by atoms with E-state index in [-0.39, 0.29) is 147 Å². The van der Waals surface area contributed by atoms with Gasteiger partial charge in [-0.3, -0.25) is 5.04 Å². The third-order valence-electron chi connectivity index (χ3n) is 7.19. The summed E-state index contributed by atoms with van der Waals surface area (Å²) < 4.78 is 128. The Kier molecular flexibility index (Phi) is 19.6. The van der Waals surface area contributed by atoms with E-state index in [0.29, 0.717) is 5.39 Å². The number of halogens is 1. The molecule has 58 heavy (non-hydrogen) atoms. The van der Waals surface area contributed by atoms with Gasteiger partial charge in [0.15, 0.2) is 5.75 Å². The van der Waals surface area contributed by atoms with Crippen LogP contribution >= 0.6 is 12.0 Å². The zero-order valence-corrected chi connectivity index (χ0v) is 41.4. The molecule has 3 N–H and O–H groups in total.